The lowest BCUT2D eigenvalue weighted by Crippen LogP contribution is -2.03. The minimum absolute atomic E-state index is 0. The Labute approximate surface area is 639 Å². The van der Waals surface area contributed by atoms with Crippen LogP contribution >= 0.6 is 15.9 Å². The molecule has 18 aromatic rings. The lowest BCUT2D eigenvalue weighted by Gasteiger charge is -2.16. The fraction of sp³-hybridized carbons (Fsp3) is 0.0333. The number of aromatic nitrogens is 4. The van der Waals surface area contributed by atoms with Gasteiger partial charge in [-0.3, -0.25) is 20.2 Å². The fourth-order valence-corrected chi connectivity index (χ4v) is 14.9. The largest absolute Gasteiger partial charge is 0.569 e. The van der Waals surface area contributed by atoms with Crippen molar-refractivity contribution in [2.24, 2.45) is 0 Å². The molecule has 0 bridgehead atoms. The summed E-state index contributed by atoms with van der Waals surface area (Å²) in [6.07, 6.45) is 0. The molecule has 547 valence electrons. The molecule has 1 N–H and O–H groups in total. The normalized spacial score (nSPS) is 10.9. The Hall–Kier alpha value is -13.3. The molecule has 0 saturated carbocycles. The smallest absolute Gasteiger partial charge is 0.535 e. The van der Waals surface area contributed by atoms with Crippen LogP contribution < -0.4 is 14.1 Å². The van der Waals surface area contributed by atoms with Crippen molar-refractivity contribution >= 4 is 122 Å². The molecular formula is C90H68BBrF4N6O8-3. The molecule has 20 heteroatoms. The lowest BCUT2D eigenvalue weighted by molar-refractivity contribution is -0.384. The summed E-state index contributed by atoms with van der Waals surface area (Å²) in [7, 11) is 3.71. The number of fused-ring (bicyclic) bond motifs is 12. The zero-order valence-corrected chi connectivity index (χ0v) is 60.8. The molecule has 0 spiro atoms. The Bertz CT molecular complexity index is 6380. The number of hydrogen-bond donors (Lipinski definition) is 1. The maximum atomic E-state index is 16.4. The molecular weight excluding hydrogens is 1460 g/mol. The molecule has 0 saturated heterocycles. The maximum Gasteiger partial charge on any atom is 0.569 e. The molecule has 0 fully saturated rings. The van der Waals surface area contributed by atoms with Crippen molar-refractivity contribution in [1.29, 1.82) is 0 Å². The second-order valence-electron chi connectivity index (χ2n) is 24.9. The molecule has 0 aliphatic carbocycles. The number of halogens is 5. The number of benzene rings is 14. The number of ether oxygens (including phenoxy) is 2. The van der Waals surface area contributed by atoms with Gasteiger partial charge in [0.05, 0.1) is 89.5 Å². The standard InChI is InChI=1S/C43H27F2N3O3.C24H13BrF2N2O2.C19H15BNO3.CH4.3CH3/c1-51-43-21-19-27(47-40-16-8-4-12-30(40)31-13-5-9-17-41(31)47)23-35(43)33-25-36(44)32(24-37(33)45)34-22-26(18-20-42(34)48(49)50)46-38-14-6-2-10-28(38)29-11-3-7-15-39(29)46;25-19-13-20(26)17(12-21(19)27)18-11-14(9-10-24(18)29(30)31)28-22-7-3-1-5-15(22)16-6-2-4-8-23(16)28;1-23-18-11-10-13(12-19(18)24-20-22)21-16-8-4-2-6-14(16)15-7-3-5-9-17(15)21;;;;/h2-25H,1H3;1-13H;2-12,22H,1H3;1H4;3*1H3/q;;;;3*-1. The van der Waals surface area contributed by atoms with Gasteiger partial charge in [0.15, 0.2) is 5.75 Å². The van der Waals surface area contributed by atoms with Crippen LogP contribution in [-0.4, -0.2) is 55.0 Å². The minimum Gasteiger partial charge on any atom is -0.535 e. The van der Waals surface area contributed by atoms with Gasteiger partial charge in [-0.1, -0.05) is 153 Å². The van der Waals surface area contributed by atoms with E-state index in [-0.39, 0.29) is 73.4 Å². The van der Waals surface area contributed by atoms with E-state index in [1.807, 2.05) is 191 Å². The van der Waals surface area contributed by atoms with Crippen molar-refractivity contribution in [3.63, 3.8) is 0 Å². The molecule has 0 aliphatic heterocycles. The van der Waals surface area contributed by atoms with Crippen LogP contribution in [0, 0.1) is 65.8 Å². The van der Waals surface area contributed by atoms with E-state index in [0.717, 1.165) is 112 Å². The summed E-state index contributed by atoms with van der Waals surface area (Å²) < 4.78 is 86.0. The van der Waals surface area contributed by atoms with Gasteiger partial charge in [0.2, 0.25) is 0 Å². The first-order valence-electron chi connectivity index (χ1n) is 33.4. The quantitative estimate of drug-likeness (QED) is 0.0299. The van der Waals surface area contributed by atoms with Crippen LogP contribution in [0.3, 0.4) is 0 Å². The SMILES string of the molecule is C.COc1ccc(-n2c3ccccc3c3ccccc32)cc1-c1cc(F)c(-c2cc(-n3c4ccccc4c4ccccc43)ccc2[N+](=O)[O-])cc1F.COc1ccc(-n2c3ccccc3c3ccccc32)cc1O[B]O.O=[N+]([O-])c1ccc(-n2c3ccccc3c3ccccc32)cc1-c1cc(F)c(Br)cc1F.[CH3-].[CH3-].[CH3-]. The molecule has 0 amide bonds. The van der Waals surface area contributed by atoms with Crippen LogP contribution in [0.15, 0.2) is 296 Å². The molecule has 0 unspecified atom stereocenters. The van der Waals surface area contributed by atoms with Crippen LogP contribution in [0.1, 0.15) is 7.43 Å². The Morgan fingerprint density at radius 1 is 0.327 bits per heavy atom. The Morgan fingerprint density at radius 2 is 0.582 bits per heavy atom. The summed E-state index contributed by atoms with van der Waals surface area (Å²) in [5, 5.41) is 41.5. The third-order valence-electron chi connectivity index (χ3n) is 19.2. The summed E-state index contributed by atoms with van der Waals surface area (Å²) in [6.45, 7) is 0. The number of hydrogen-bond acceptors (Lipinski definition) is 8. The zero-order chi connectivity index (χ0) is 73.0. The summed E-state index contributed by atoms with van der Waals surface area (Å²) in [5.74, 6) is -1.64. The summed E-state index contributed by atoms with van der Waals surface area (Å²) in [4.78, 5) is 22.8. The first-order valence-corrected chi connectivity index (χ1v) is 34.2. The maximum absolute atomic E-state index is 16.4. The van der Waals surface area contributed by atoms with Crippen molar-refractivity contribution in [1.82, 2.24) is 18.3 Å². The summed E-state index contributed by atoms with van der Waals surface area (Å²) >= 11 is 2.95. The van der Waals surface area contributed by atoms with Gasteiger partial charge in [-0.05, 0) is 143 Å². The van der Waals surface area contributed by atoms with Gasteiger partial charge >= 0.3 is 7.69 Å². The average Bonchev–Trinajstić information content (AvgIpc) is 1.54. The molecule has 110 heavy (non-hydrogen) atoms. The highest BCUT2D eigenvalue weighted by Gasteiger charge is 2.27. The van der Waals surface area contributed by atoms with Crippen LogP contribution in [0.5, 0.6) is 17.2 Å². The van der Waals surface area contributed by atoms with E-state index in [9.17, 15) is 29.0 Å². The highest BCUT2D eigenvalue weighted by atomic mass is 79.9. The predicted octanol–water partition coefficient (Wildman–Crippen LogP) is 24.5. The third kappa shape index (κ3) is 13.3. The van der Waals surface area contributed by atoms with E-state index in [1.54, 1.807) is 37.4 Å². The number of rotatable bonds is 13. The van der Waals surface area contributed by atoms with Gasteiger partial charge in [-0.2, -0.15) is 0 Å². The number of nitro benzene ring substituents is 2. The highest BCUT2D eigenvalue weighted by Crippen LogP contribution is 2.45. The van der Waals surface area contributed by atoms with Crippen molar-refractivity contribution in [3.8, 4) is 73.4 Å². The predicted molar refractivity (Wildman–Crippen MR) is 442 cm³/mol. The molecule has 18 rings (SSSR count). The Kier molecular flexibility index (Phi) is 22.0. The molecule has 0 aliphatic rings. The van der Waals surface area contributed by atoms with E-state index in [4.69, 9.17) is 19.2 Å². The summed E-state index contributed by atoms with van der Waals surface area (Å²) in [5.41, 5.74) is 9.87. The Morgan fingerprint density at radius 3 is 0.882 bits per heavy atom. The van der Waals surface area contributed by atoms with Crippen LogP contribution in [0.4, 0.5) is 28.9 Å². The van der Waals surface area contributed by atoms with E-state index >= 15 is 8.78 Å². The Balaban J connectivity index is 0.000000164. The van der Waals surface area contributed by atoms with Crippen LogP contribution in [-0.2, 0) is 0 Å². The van der Waals surface area contributed by atoms with Gasteiger partial charge in [0, 0.05) is 101 Å². The first kappa shape index (κ1) is 76.4. The molecule has 14 nitrogen and oxygen atoms in total. The number of methoxy groups -OCH3 is 2. The monoisotopic (exact) mass is 1530 g/mol. The minimum atomic E-state index is -0.807. The molecule has 4 aromatic heterocycles. The van der Waals surface area contributed by atoms with Gasteiger partial charge in [0.25, 0.3) is 11.4 Å². The van der Waals surface area contributed by atoms with E-state index in [1.165, 1.54) is 36.1 Å². The van der Waals surface area contributed by atoms with E-state index in [2.05, 4.69) is 61.5 Å². The van der Waals surface area contributed by atoms with Crippen molar-refractivity contribution in [3.05, 3.63) is 361 Å². The molecule has 14 aromatic carbocycles. The van der Waals surface area contributed by atoms with Crippen LogP contribution in [0.25, 0.3) is 143 Å². The lowest BCUT2D eigenvalue weighted by atomic mass is 9.96. The molecule has 0 atom stereocenters. The topological polar surface area (TPSA) is 154 Å². The second-order valence-corrected chi connectivity index (χ2v) is 25.8. The molecule has 4 heterocycles. The van der Waals surface area contributed by atoms with E-state index < -0.39 is 33.1 Å². The van der Waals surface area contributed by atoms with Crippen molar-refractivity contribution < 1.29 is 46.6 Å². The third-order valence-corrected chi connectivity index (χ3v) is 19.8. The zero-order valence-electron chi connectivity index (χ0n) is 59.2. The fourth-order valence-electron chi connectivity index (χ4n) is 14.6. The van der Waals surface area contributed by atoms with Gasteiger partial charge in [-0.15, -0.1) is 0 Å². The number of para-hydroxylation sites is 8. The molecule has 1 radical (unpaired) electrons. The van der Waals surface area contributed by atoms with Crippen molar-refractivity contribution in [2.75, 3.05) is 14.2 Å². The van der Waals surface area contributed by atoms with Crippen molar-refractivity contribution in [2.45, 2.75) is 7.43 Å². The van der Waals surface area contributed by atoms with Crippen LogP contribution in [0.2, 0.25) is 0 Å². The number of nitrogens with zero attached hydrogens (tertiary/aromatic N) is 6. The summed E-state index contributed by atoms with van der Waals surface area (Å²) in [6, 6.07) is 88.1. The first-order chi connectivity index (χ1) is 51.7. The van der Waals surface area contributed by atoms with Gasteiger partial charge in [0.1, 0.15) is 34.8 Å². The van der Waals surface area contributed by atoms with Gasteiger partial charge in [-0.25, -0.2) is 17.6 Å². The van der Waals surface area contributed by atoms with E-state index in [0.29, 0.717) is 41.9 Å². The highest BCUT2D eigenvalue weighted by molar-refractivity contribution is 9.10. The number of nitro groups is 2. The average molecular weight is 1530 g/mol. The second kappa shape index (κ2) is 31.6. The van der Waals surface area contributed by atoms with Gasteiger partial charge < -0.3 is 59.7 Å².